The van der Waals surface area contributed by atoms with E-state index in [4.69, 9.17) is 14.2 Å². The highest BCUT2D eigenvalue weighted by molar-refractivity contribution is 4.94. The summed E-state index contributed by atoms with van der Waals surface area (Å²) >= 11 is 0. The van der Waals surface area contributed by atoms with Crippen molar-refractivity contribution in [2.45, 2.75) is 60.1 Å². The van der Waals surface area contributed by atoms with Crippen LogP contribution in [0.25, 0.3) is 0 Å². The Kier molecular flexibility index (Phi) is 10.3. The van der Waals surface area contributed by atoms with E-state index in [1.54, 1.807) is 6.20 Å². The van der Waals surface area contributed by atoms with E-state index < -0.39 is 0 Å². The van der Waals surface area contributed by atoms with Crippen LogP contribution in [0.1, 0.15) is 47.2 Å². The third-order valence-electron chi connectivity index (χ3n) is 3.49. The molecule has 152 valence electrons. The number of aromatic nitrogens is 3. The third-order valence-corrected chi connectivity index (χ3v) is 3.49. The molecule has 0 spiro atoms. The average molecular weight is 371 g/mol. The van der Waals surface area contributed by atoms with E-state index in [2.05, 4.69) is 57.2 Å². The van der Waals surface area contributed by atoms with Crippen molar-refractivity contribution in [2.24, 2.45) is 5.41 Å². The minimum absolute atomic E-state index is 0.121. The van der Waals surface area contributed by atoms with Gasteiger partial charge >= 0.3 is 0 Å². The first-order valence-electron chi connectivity index (χ1n) is 9.55. The molecule has 0 aromatic carbocycles. The van der Waals surface area contributed by atoms with Gasteiger partial charge in [0, 0.05) is 19.5 Å². The molecule has 26 heavy (non-hydrogen) atoms. The minimum atomic E-state index is -0.121. The average Bonchev–Trinajstić information content (AvgIpc) is 2.94. The molecule has 0 aliphatic rings. The molecular formula is C19H38N4O3. The Morgan fingerprint density at radius 3 is 2.31 bits per heavy atom. The Morgan fingerprint density at radius 1 is 0.962 bits per heavy atom. The van der Waals surface area contributed by atoms with Gasteiger partial charge in [0.15, 0.2) is 0 Å². The summed E-state index contributed by atoms with van der Waals surface area (Å²) < 4.78 is 18.8. The van der Waals surface area contributed by atoms with Crippen LogP contribution in [-0.4, -0.2) is 66.7 Å². The molecule has 1 heterocycles. The fraction of sp³-hybridized carbons (Fsp3) is 0.895. The van der Waals surface area contributed by atoms with Crippen LogP contribution in [0.3, 0.4) is 0 Å². The maximum atomic E-state index is 5.75. The molecule has 7 heteroatoms. The van der Waals surface area contributed by atoms with E-state index in [0.29, 0.717) is 45.0 Å². The largest absolute Gasteiger partial charge is 0.378 e. The summed E-state index contributed by atoms with van der Waals surface area (Å²) in [5.74, 6) is 0. The highest BCUT2D eigenvalue weighted by Crippen LogP contribution is 2.10. The molecule has 0 aliphatic carbocycles. The summed E-state index contributed by atoms with van der Waals surface area (Å²) in [5.41, 5.74) is 1.25. The van der Waals surface area contributed by atoms with E-state index in [0.717, 1.165) is 25.2 Å². The van der Waals surface area contributed by atoms with Crippen molar-refractivity contribution in [1.82, 2.24) is 20.3 Å². The van der Waals surface area contributed by atoms with Gasteiger partial charge in [-0.05, 0) is 26.2 Å². The lowest BCUT2D eigenvalue weighted by molar-refractivity contribution is -0.00179. The molecule has 0 radical (unpaired) electrons. The van der Waals surface area contributed by atoms with E-state index in [1.165, 1.54) is 0 Å². The number of hydrogen-bond acceptors (Lipinski definition) is 6. The number of nitrogens with one attached hydrogen (secondary N) is 1. The Hall–Kier alpha value is -1.02. The van der Waals surface area contributed by atoms with E-state index in [9.17, 15) is 0 Å². The molecule has 7 nitrogen and oxygen atoms in total. The molecule has 0 unspecified atom stereocenters. The van der Waals surface area contributed by atoms with Crippen LogP contribution in [0.5, 0.6) is 0 Å². The monoisotopic (exact) mass is 370 g/mol. The predicted octanol–water partition coefficient (Wildman–Crippen LogP) is 2.30. The standard InChI is InChI=1S/C19H38N4O3/c1-18(2,3)16-20-8-11-24-13-14-25-12-9-23-17(15-21-22-23)7-10-26-19(4,5)6/h15,20H,7-14,16H2,1-6H3. The van der Waals surface area contributed by atoms with Gasteiger partial charge in [0.25, 0.3) is 0 Å². The van der Waals surface area contributed by atoms with Crippen LogP contribution in [0, 0.1) is 5.41 Å². The van der Waals surface area contributed by atoms with Crippen LogP contribution in [0.4, 0.5) is 0 Å². The van der Waals surface area contributed by atoms with Gasteiger partial charge < -0.3 is 19.5 Å². The van der Waals surface area contributed by atoms with Gasteiger partial charge in [-0.2, -0.15) is 0 Å². The molecule has 0 aliphatic heterocycles. The van der Waals surface area contributed by atoms with Crippen molar-refractivity contribution >= 4 is 0 Å². The lowest BCUT2D eigenvalue weighted by atomic mass is 9.97. The lowest BCUT2D eigenvalue weighted by Gasteiger charge is -2.19. The van der Waals surface area contributed by atoms with Crippen molar-refractivity contribution in [1.29, 1.82) is 0 Å². The van der Waals surface area contributed by atoms with Gasteiger partial charge in [0.05, 0.1) is 57.1 Å². The summed E-state index contributed by atoms with van der Waals surface area (Å²) in [6.07, 6.45) is 2.59. The van der Waals surface area contributed by atoms with Crippen LogP contribution < -0.4 is 5.32 Å². The summed E-state index contributed by atoms with van der Waals surface area (Å²) in [7, 11) is 0. The molecule has 0 fully saturated rings. The number of hydrogen-bond donors (Lipinski definition) is 1. The van der Waals surface area contributed by atoms with Crippen molar-refractivity contribution in [3.05, 3.63) is 11.9 Å². The smallest absolute Gasteiger partial charge is 0.0726 e. The van der Waals surface area contributed by atoms with E-state index in [1.807, 2.05) is 4.68 Å². The van der Waals surface area contributed by atoms with E-state index in [-0.39, 0.29) is 5.60 Å². The zero-order valence-corrected chi connectivity index (χ0v) is 17.5. The second-order valence-electron chi connectivity index (χ2n) is 8.62. The Morgan fingerprint density at radius 2 is 1.65 bits per heavy atom. The van der Waals surface area contributed by atoms with Gasteiger partial charge in [0.1, 0.15) is 0 Å². The highest BCUT2D eigenvalue weighted by atomic mass is 16.5. The summed E-state index contributed by atoms with van der Waals surface area (Å²) in [4.78, 5) is 0. The fourth-order valence-electron chi connectivity index (χ4n) is 2.20. The molecule has 1 aromatic rings. The van der Waals surface area contributed by atoms with Crippen molar-refractivity contribution < 1.29 is 14.2 Å². The quantitative estimate of drug-likeness (QED) is 0.537. The fourth-order valence-corrected chi connectivity index (χ4v) is 2.20. The number of rotatable bonds is 13. The second-order valence-corrected chi connectivity index (χ2v) is 8.62. The second kappa shape index (κ2) is 11.6. The third kappa shape index (κ3) is 12.4. The Labute approximate surface area is 158 Å². The molecule has 1 N–H and O–H groups in total. The first-order valence-corrected chi connectivity index (χ1v) is 9.55. The van der Waals surface area contributed by atoms with Crippen molar-refractivity contribution in [2.75, 3.05) is 46.1 Å². The van der Waals surface area contributed by atoms with Crippen LogP contribution in [-0.2, 0) is 27.2 Å². The molecule has 0 atom stereocenters. The zero-order valence-electron chi connectivity index (χ0n) is 17.5. The molecule has 0 amide bonds. The topological polar surface area (TPSA) is 70.4 Å². The molecule has 0 saturated carbocycles. The van der Waals surface area contributed by atoms with Gasteiger partial charge in [0.2, 0.25) is 0 Å². The van der Waals surface area contributed by atoms with Crippen molar-refractivity contribution in [3.8, 4) is 0 Å². The maximum Gasteiger partial charge on any atom is 0.0726 e. The first-order chi connectivity index (χ1) is 12.2. The molecule has 1 rings (SSSR count). The summed E-state index contributed by atoms with van der Waals surface area (Å²) in [5, 5.41) is 11.5. The van der Waals surface area contributed by atoms with Crippen molar-refractivity contribution in [3.63, 3.8) is 0 Å². The summed E-state index contributed by atoms with van der Waals surface area (Å²) in [6.45, 7) is 18.5. The Balaban J connectivity index is 2.02. The normalized spacial score (nSPS) is 12.7. The van der Waals surface area contributed by atoms with Crippen LogP contribution >= 0.6 is 0 Å². The number of ether oxygens (including phenoxy) is 3. The van der Waals surface area contributed by atoms with Gasteiger partial charge in [-0.15, -0.1) is 5.10 Å². The first kappa shape index (κ1) is 23.0. The Bertz CT molecular complexity index is 478. The van der Waals surface area contributed by atoms with Gasteiger partial charge in [-0.25, -0.2) is 4.68 Å². The van der Waals surface area contributed by atoms with Crippen LogP contribution in [0.15, 0.2) is 6.20 Å². The maximum absolute atomic E-state index is 5.75. The van der Waals surface area contributed by atoms with Gasteiger partial charge in [-0.3, -0.25) is 0 Å². The molecular weight excluding hydrogens is 332 g/mol. The molecule has 0 bridgehead atoms. The zero-order chi connectivity index (χ0) is 19.5. The predicted molar refractivity (Wildman–Crippen MR) is 103 cm³/mol. The lowest BCUT2D eigenvalue weighted by Crippen LogP contribution is -2.29. The SMILES string of the molecule is CC(C)(C)CNCCOCCOCCn1nncc1CCOC(C)(C)C. The number of nitrogens with zero attached hydrogens (tertiary/aromatic N) is 3. The van der Waals surface area contributed by atoms with E-state index >= 15 is 0 Å². The summed E-state index contributed by atoms with van der Waals surface area (Å²) in [6, 6.07) is 0. The molecule has 1 aromatic heterocycles. The molecule has 0 saturated heterocycles. The minimum Gasteiger partial charge on any atom is -0.378 e. The highest BCUT2D eigenvalue weighted by Gasteiger charge is 2.11. The van der Waals surface area contributed by atoms with Gasteiger partial charge in [-0.1, -0.05) is 26.0 Å². The van der Waals surface area contributed by atoms with Crippen LogP contribution in [0.2, 0.25) is 0 Å².